The van der Waals surface area contributed by atoms with Crippen molar-refractivity contribution in [2.75, 3.05) is 46.6 Å². The van der Waals surface area contributed by atoms with Crippen LogP contribution in [0.15, 0.2) is 46.6 Å². The van der Waals surface area contributed by atoms with Gasteiger partial charge in [-0.1, -0.05) is 0 Å². The fraction of sp³-hybridized carbons (Fsp3) is 0.417. The van der Waals surface area contributed by atoms with Gasteiger partial charge in [-0.2, -0.15) is 0 Å². The van der Waals surface area contributed by atoms with Gasteiger partial charge in [-0.25, -0.2) is 0 Å². The van der Waals surface area contributed by atoms with Crippen molar-refractivity contribution in [1.29, 1.82) is 0 Å². The van der Waals surface area contributed by atoms with E-state index in [0.29, 0.717) is 0 Å². The first kappa shape index (κ1) is 21.8. The van der Waals surface area contributed by atoms with Gasteiger partial charge in [0.05, 0.1) is 11.4 Å². The second-order valence-electron chi connectivity index (χ2n) is 8.36. The van der Waals surface area contributed by atoms with Gasteiger partial charge in [0, 0.05) is 51.4 Å². The number of nitrogens with one attached hydrogen (secondary N) is 2. The molecular formula is C24H30N6O2. The Morgan fingerprint density at radius 2 is 1.06 bits per heavy atom. The SMILES string of the molecule is CC(=O)Nc1ccc(N=Nc2ccc(NC(C)=O)cc2N2CCCC2)c(N2CCCC2)c1. The zero-order chi connectivity index (χ0) is 22.5. The summed E-state index contributed by atoms with van der Waals surface area (Å²) in [6, 6.07) is 11.5. The number of anilines is 4. The molecular weight excluding hydrogens is 404 g/mol. The number of benzene rings is 2. The smallest absolute Gasteiger partial charge is 0.221 e. The van der Waals surface area contributed by atoms with Crippen molar-refractivity contribution in [3.8, 4) is 0 Å². The molecule has 2 fully saturated rings. The summed E-state index contributed by atoms with van der Waals surface area (Å²) in [6.45, 7) is 6.89. The summed E-state index contributed by atoms with van der Waals surface area (Å²) < 4.78 is 0. The van der Waals surface area contributed by atoms with Crippen LogP contribution in [0.3, 0.4) is 0 Å². The van der Waals surface area contributed by atoms with Gasteiger partial charge >= 0.3 is 0 Å². The highest BCUT2D eigenvalue weighted by Gasteiger charge is 2.19. The first-order chi connectivity index (χ1) is 15.5. The van der Waals surface area contributed by atoms with Gasteiger partial charge in [0.15, 0.2) is 0 Å². The van der Waals surface area contributed by atoms with E-state index in [0.717, 1.165) is 86.0 Å². The first-order valence-electron chi connectivity index (χ1n) is 11.2. The average Bonchev–Trinajstić information content (AvgIpc) is 3.47. The maximum Gasteiger partial charge on any atom is 0.221 e. The molecule has 0 saturated carbocycles. The fourth-order valence-corrected chi connectivity index (χ4v) is 4.31. The van der Waals surface area contributed by atoms with Crippen LogP contribution in [0.4, 0.5) is 34.1 Å². The zero-order valence-electron chi connectivity index (χ0n) is 18.7. The van der Waals surface area contributed by atoms with Crippen LogP contribution in [0.1, 0.15) is 39.5 Å². The van der Waals surface area contributed by atoms with Crippen molar-refractivity contribution in [3.63, 3.8) is 0 Å². The van der Waals surface area contributed by atoms with Gasteiger partial charge < -0.3 is 20.4 Å². The highest BCUT2D eigenvalue weighted by atomic mass is 16.2. The molecule has 2 aliphatic heterocycles. The minimum atomic E-state index is -0.0961. The van der Waals surface area contributed by atoms with Crippen molar-refractivity contribution >= 4 is 45.9 Å². The second-order valence-corrected chi connectivity index (χ2v) is 8.36. The maximum absolute atomic E-state index is 11.5. The summed E-state index contributed by atoms with van der Waals surface area (Å²) in [5.41, 5.74) is 5.04. The molecule has 2 aromatic carbocycles. The van der Waals surface area contributed by atoms with Crippen LogP contribution in [-0.2, 0) is 9.59 Å². The molecule has 8 nitrogen and oxygen atoms in total. The van der Waals surface area contributed by atoms with Crippen LogP contribution in [0.2, 0.25) is 0 Å². The van der Waals surface area contributed by atoms with Gasteiger partial charge in [0.2, 0.25) is 11.8 Å². The lowest BCUT2D eigenvalue weighted by Crippen LogP contribution is -2.18. The van der Waals surface area contributed by atoms with Crippen molar-refractivity contribution < 1.29 is 9.59 Å². The van der Waals surface area contributed by atoms with Gasteiger partial charge in [-0.15, -0.1) is 10.2 Å². The van der Waals surface area contributed by atoms with Gasteiger partial charge in [-0.05, 0) is 62.1 Å². The Labute approximate surface area is 188 Å². The molecule has 2 saturated heterocycles. The van der Waals surface area contributed by atoms with Crippen molar-refractivity contribution in [3.05, 3.63) is 36.4 Å². The topological polar surface area (TPSA) is 89.4 Å². The van der Waals surface area contributed by atoms with E-state index in [1.165, 1.54) is 13.8 Å². The summed E-state index contributed by atoms with van der Waals surface area (Å²) in [5.74, 6) is -0.192. The Bertz CT molecular complexity index is 942. The van der Waals surface area contributed by atoms with E-state index < -0.39 is 0 Å². The average molecular weight is 435 g/mol. The van der Waals surface area contributed by atoms with Gasteiger partial charge in [0.1, 0.15) is 11.4 Å². The summed E-state index contributed by atoms with van der Waals surface area (Å²) in [4.78, 5) is 27.6. The molecule has 2 heterocycles. The summed E-state index contributed by atoms with van der Waals surface area (Å²) >= 11 is 0. The predicted octanol–water partition coefficient (Wildman–Crippen LogP) is 5.22. The molecule has 0 aliphatic carbocycles. The minimum absolute atomic E-state index is 0.0961. The number of hydrogen-bond acceptors (Lipinski definition) is 6. The lowest BCUT2D eigenvalue weighted by Gasteiger charge is -2.21. The maximum atomic E-state index is 11.5. The molecule has 32 heavy (non-hydrogen) atoms. The molecule has 0 unspecified atom stereocenters. The Morgan fingerprint density at radius 3 is 1.41 bits per heavy atom. The number of nitrogens with zero attached hydrogens (tertiary/aromatic N) is 4. The summed E-state index contributed by atoms with van der Waals surface area (Å²) in [5, 5.41) is 15.0. The fourth-order valence-electron chi connectivity index (χ4n) is 4.31. The molecule has 0 spiro atoms. The first-order valence-corrected chi connectivity index (χ1v) is 11.2. The molecule has 2 aromatic rings. The molecule has 2 amide bonds. The van der Waals surface area contributed by atoms with E-state index in [1.807, 2.05) is 36.4 Å². The monoisotopic (exact) mass is 434 g/mol. The standard InChI is InChI=1S/C24H30N6O2/c1-17(31)25-19-7-9-21(23(15-19)29-11-3-4-12-29)27-28-22-10-8-20(26-18(2)32)16-24(22)30-13-5-6-14-30/h7-10,15-16H,3-6,11-14H2,1-2H3,(H,25,31)(H,26,32). The summed E-state index contributed by atoms with van der Waals surface area (Å²) in [6.07, 6.45) is 4.57. The number of amides is 2. The number of carbonyl (C=O) groups excluding carboxylic acids is 2. The van der Waals surface area contributed by atoms with Gasteiger partial charge in [-0.3, -0.25) is 9.59 Å². The zero-order valence-corrected chi connectivity index (χ0v) is 18.7. The van der Waals surface area contributed by atoms with Crippen molar-refractivity contribution in [2.24, 2.45) is 10.2 Å². The molecule has 0 bridgehead atoms. The number of azo groups is 1. The Hall–Kier alpha value is -3.42. The normalized spacial score (nSPS) is 16.1. The molecule has 0 radical (unpaired) electrons. The summed E-state index contributed by atoms with van der Waals surface area (Å²) in [7, 11) is 0. The van der Waals surface area contributed by atoms with E-state index in [-0.39, 0.29) is 11.8 Å². The van der Waals surface area contributed by atoms with Crippen molar-refractivity contribution in [1.82, 2.24) is 0 Å². The predicted molar refractivity (Wildman–Crippen MR) is 129 cm³/mol. The Kier molecular flexibility index (Phi) is 6.68. The second kappa shape index (κ2) is 9.80. The third-order valence-corrected chi connectivity index (χ3v) is 5.75. The van der Waals surface area contributed by atoms with E-state index in [2.05, 4.69) is 30.7 Å². The Morgan fingerprint density at radius 1 is 0.688 bits per heavy atom. The quantitative estimate of drug-likeness (QED) is 0.610. The van der Waals surface area contributed by atoms with Crippen molar-refractivity contribution in [2.45, 2.75) is 39.5 Å². The third-order valence-electron chi connectivity index (χ3n) is 5.75. The largest absolute Gasteiger partial charge is 0.370 e. The van der Waals surface area contributed by atoms with Crippen LogP contribution < -0.4 is 20.4 Å². The molecule has 4 rings (SSSR count). The lowest BCUT2D eigenvalue weighted by molar-refractivity contribution is -0.115. The molecule has 8 heteroatoms. The van der Waals surface area contributed by atoms with Crippen LogP contribution >= 0.6 is 0 Å². The number of rotatable bonds is 6. The molecule has 2 N–H and O–H groups in total. The van der Waals surface area contributed by atoms with E-state index in [4.69, 9.17) is 0 Å². The lowest BCUT2D eigenvalue weighted by atomic mass is 10.2. The van der Waals surface area contributed by atoms with Crippen LogP contribution in [0.5, 0.6) is 0 Å². The number of carbonyl (C=O) groups is 2. The number of hydrogen-bond donors (Lipinski definition) is 2. The highest BCUT2D eigenvalue weighted by Crippen LogP contribution is 2.38. The molecule has 168 valence electrons. The third kappa shape index (κ3) is 5.25. The molecule has 2 aliphatic rings. The molecule has 0 atom stereocenters. The Balaban J connectivity index is 1.67. The van der Waals surface area contributed by atoms with Crippen LogP contribution in [0.25, 0.3) is 0 Å². The van der Waals surface area contributed by atoms with Crippen LogP contribution in [0, 0.1) is 0 Å². The van der Waals surface area contributed by atoms with E-state index >= 15 is 0 Å². The van der Waals surface area contributed by atoms with E-state index in [9.17, 15) is 9.59 Å². The molecule has 0 aromatic heterocycles. The van der Waals surface area contributed by atoms with E-state index in [1.54, 1.807) is 0 Å². The van der Waals surface area contributed by atoms with Crippen LogP contribution in [-0.4, -0.2) is 38.0 Å². The highest BCUT2D eigenvalue weighted by molar-refractivity contribution is 5.91. The minimum Gasteiger partial charge on any atom is -0.370 e. The van der Waals surface area contributed by atoms with Gasteiger partial charge in [0.25, 0.3) is 0 Å².